The summed E-state index contributed by atoms with van der Waals surface area (Å²) in [5.41, 5.74) is 0.307. The fourth-order valence-corrected chi connectivity index (χ4v) is 2.68. The van der Waals surface area contributed by atoms with Crippen molar-refractivity contribution < 1.29 is 14.7 Å². The SMILES string of the molecule is CCc1ccsc1C(=O)Nc1cnn(C(C)(C)C(=O)O)c1. The van der Waals surface area contributed by atoms with Gasteiger partial charge in [0, 0.05) is 6.20 Å². The number of carbonyl (C=O) groups excluding carboxylic acids is 1. The van der Waals surface area contributed by atoms with Gasteiger partial charge < -0.3 is 10.4 Å². The number of thiophene rings is 1. The summed E-state index contributed by atoms with van der Waals surface area (Å²) in [6.07, 6.45) is 3.75. The monoisotopic (exact) mass is 307 g/mol. The first-order chi connectivity index (χ1) is 9.86. The summed E-state index contributed by atoms with van der Waals surface area (Å²) < 4.78 is 1.32. The number of rotatable bonds is 5. The summed E-state index contributed by atoms with van der Waals surface area (Å²) in [5.74, 6) is -1.19. The lowest BCUT2D eigenvalue weighted by Crippen LogP contribution is -2.35. The van der Waals surface area contributed by atoms with Gasteiger partial charge in [-0.2, -0.15) is 5.10 Å². The molecule has 21 heavy (non-hydrogen) atoms. The van der Waals surface area contributed by atoms with E-state index in [4.69, 9.17) is 5.11 Å². The number of anilines is 1. The molecule has 0 saturated carbocycles. The number of nitrogens with zero attached hydrogens (tertiary/aromatic N) is 2. The lowest BCUT2D eigenvalue weighted by atomic mass is 10.1. The Bertz CT molecular complexity index is 673. The Morgan fingerprint density at radius 1 is 1.48 bits per heavy atom. The van der Waals surface area contributed by atoms with Gasteiger partial charge in [0.05, 0.1) is 16.8 Å². The molecular formula is C14H17N3O3S. The van der Waals surface area contributed by atoms with Crippen LogP contribution in [0.1, 0.15) is 36.0 Å². The molecule has 0 spiro atoms. The minimum absolute atomic E-state index is 0.200. The minimum Gasteiger partial charge on any atom is -0.479 e. The first-order valence-electron chi connectivity index (χ1n) is 6.52. The maximum absolute atomic E-state index is 12.2. The summed E-state index contributed by atoms with van der Waals surface area (Å²) in [7, 11) is 0. The fourth-order valence-electron chi connectivity index (χ4n) is 1.79. The molecule has 0 aliphatic carbocycles. The van der Waals surface area contributed by atoms with Gasteiger partial charge >= 0.3 is 5.97 Å². The van der Waals surface area contributed by atoms with Crippen LogP contribution < -0.4 is 5.32 Å². The van der Waals surface area contributed by atoms with Gasteiger partial charge in [-0.1, -0.05) is 6.92 Å². The number of hydrogen-bond acceptors (Lipinski definition) is 4. The van der Waals surface area contributed by atoms with Crippen molar-refractivity contribution >= 4 is 28.9 Å². The molecule has 2 rings (SSSR count). The van der Waals surface area contributed by atoms with Crippen molar-refractivity contribution in [1.82, 2.24) is 9.78 Å². The zero-order valence-corrected chi connectivity index (χ0v) is 12.9. The molecule has 0 bridgehead atoms. The third-order valence-corrected chi connectivity index (χ3v) is 4.23. The lowest BCUT2D eigenvalue weighted by molar-refractivity contribution is -0.146. The highest BCUT2D eigenvalue weighted by Crippen LogP contribution is 2.21. The minimum atomic E-state index is -1.17. The Morgan fingerprint density at radius 3 is 2.81 bits per heavy atom. The number of nitrogens with one attached hydrogen (secondary N) is 1. The molecule has 0 aliphatic rings. The number of amides is 1. The van der Waals surface area contributed by atoms with Crippen LogP contribution in [0.3, 0.4) is 0 Å². The highest BCUT2D eigenvalue weighted by Gasteiger charge is 2.30. The van der Waals surface area contributed by atoms with E-state index in [9.17, 15) is 9.59 Å². The molecule has 112 valence electrons. The maximum Gasteiger partial charge on any atom is 0.331 e. The molecular weight excluding hydrogens is 290 g/mol. The van der Waals surface area contributed by atoms with Crippen LogP contribution in [-0.2, 0) is 16.8 Å². The third-order valence-electron chi connectivity index (χ3n) is 3.27. The van der Waals surface area contributed by atoms with Crippen molar-refractivity contribution in [3.8, 4) is 0 Å². The van der Waals surface area contributed by atoms with E-state index in [1.807, 2.05) is 18.4 Å². The van der Waals surface area contributed by atoms with E-state index in [1.165, 1.54) is 28.4 Å². The molecule has 2 aromatic heterocycles. The van der Waals surface area contributed by atoms with Gasteiger partial charge in [0.25, 0.3) is 5.91 Å². The van der Waals surface area contributed by atoms with E-state index in [1.54, 1.807) is 13.8 Å². The summed E-state index contributed by atoms with van der Waals surface area (Å²) in [4.78, 5) is 24.0. The highest BCUT2D eigenvalue weighted by atomic mass is 32.1. The normalized spacial score (nSPS) is 11.4. The number of aliphatic carboxylic acids is 1. The zero-order chi connectivity index (χ0) is 15.6. The molecule has 0 aliphatic heterocycles. The Morgan fingerprint density at radius 2 is 2.19 bits per heavy atom. The molecule has 0 atom stereocenters. The molecule has 0 radical (unpaired) electrons. The molecule has 0 fully saturated rings. The predicted molar refractivity (Wildman–Crippen MR) is 80.8 cm³/mol. The first-order valence-corrected chi connectivity index (χ1v) is 7.40. The van der Waals surface area contributed by atoms with Crippen molar-refractivity contribution in [2.24, 2.45) is 0 Å². The van der Waals surface area contributed by atoms with Crippen LogP contribution in [-0.4, -0.2) is 26.8 Å². The Balaban J connectivity index is 2.17. The van der Waals surface area contributed by atoms with E-state index in [-0.39, 0.29) is 5.91 Å². The van der Waals surface area contributed by atoms with Gasteiger partial charge in [-0.05, 0) is 37.3 Å². The molecule has 2 N–H and O–H groups in total. The van der Waals surface area contributed by atoms with Crippen LogP contribution in [0, 0.1) is 0 Å². The second-order valence-electron chi connectivity index (χ2n) is 5.12. The zero-order valence-electron chi connectivity index (χ0n) is 12.1. The molecule has 0 saturated heterocycles. The van der Waals surface area contributed by atoms with Gasteiger partial charge in [0.1, 0.15) is 0 Å². The standard InChI is InChI=1S/C14H17N3O3S/c1-4-9-5-6-21-11(9)12(18)16-10-7-15-17(8-10)14(2,3)13(19)20/h5-8H,4H2,1-3H3,(H,16,18)(H,19,20). The molecule has 7 heteroatoms. The smallest absolute Gasteiger partial charge is 0.331 e. The van der Waals surface area contributed by atoms with E-state index in [2.05, 4.69) is 10.4 Å². The van der Waals surface area contributed by atoms with Crippen molar-refractivity contribution in [3.05, 3.63) is 34.3 Å². The molecule has 1 amide bonds. The van der Waals surface area contributed by atoms with Crippen LogP contribution in [0.2, 0.25) is 0 Å². The summed E-state index contributed by atoms with van der Waals surface area (Å²) in [6, 6.07) is 1.93. The number of hydrogen-bond donors (Lipinski definition) is 2. The van der Waals surface area contributed by atoms with Crippen LogP contribution >= 0.6 is 11.3 Å². The van der Waals surface area contributed by atoms with Crippen LogP contribution in [0.5, 0.6) is 0 Å². The summed E-state index contributed by atoms with van der Waals surface area (Å²) >= 11 is 1.39. The number of carboxylic acids is 1. The largest absolute Gasteiger partial charge is 0.479 e. The van der Waals surface area contributed by atoms with E-state index in [0.717, 1.165) is 12.0 Å². The van der Waals surface area contributed by atoms with Gasteiger partial charge in [-0.15, -0.1) is 11.3 Å². The average Bonchev–Trinajstić information content (AvgIpc) is 3.06. The first kappa shape index (κ1) is 15.2. The number of carbonyl (C=O) groups is 2. The second kappa shape index (κ2) is 5.69. The fraction of sp³-hybridized carbons (Fsp3) is 0.357. The van der Waals surface area contributed by atoms with Gasteiger partial charge in [0.2, 0.25) is 0 Å². The van der Waals surface area contributed by atoms with E-state index >= 15 is 0 Å². The number of carboxylic acid groups (broad SMARTS) is 1. The van der Waals surface area contributed by atoms with Crippen molar-refractivity contribution in [2.45, 2.75) is 32.7 Å². The maximum atomic E-state index is 12.2. The van der Waals surface area contributed by atoms with E-state index in [0.29, 0.717) is 10.6 Å². The lowest BCUT2D eigenvalue weighted by Gasteiger charge is -2.19. The Labute approximate surface area is 126 Å². The van der Waals surface area contributed by atoms with Gasteiger partial charge in [-0.3, -0.25) is 9.48 Å². The number of aryl methyl sites for hydroxylation is 1. The predicted octanol–water partition coefficient (Wildman–Crippen LogP) is 2.58. The molecule has 2 heterocycles. The van der Waals surface area contributed by atoms with Crippen LogP contribution in [0.4, 0.5) is 5.69 Å². The second-order valence-corrected chi connectivity index (χ2v) is 6.04. The van der Waals surface area contributed by atoms with Crippen LogP contribution in [0.15, 0.2) is 23.8 Å². The number of aromatic nitrogens is 2. The van der Waals surface area contributed by atoms with Gasteiger partial charge in [-0.25, -0.2) is 4.79 Å². The quantitative estimate of drug-likeness (QED) is 0.889. The summed E-state index contributed by atoms with van der Waals surface area (Å²) in [6.45, 7) is 5.08. The highest BCUT2D eigenvalue weighted by molar-refractivity contribution is 7.12. The van der Waals surface area contributed by atoms with Crippen molar-refractivity contribution in [2.75, 3.05) is 5.32 Å². The summed E-state index contributed by atoms with van der Waals surface area (Å²) in [5, 5.41) is 17.8. The van der Waals surface area contributed by atoms with E-state index < -0.39 is 11.5 Å². The average molecular weight is 307 g/mol. The third kappa shape index (κ3) is 2.97. The van der Waals surface area contributed by atoms with Gasteiger partial charge in [0.15, 0.2) is 5.54 Å². The Kier molecular flexibility index (Phi) is 4.13. The topological polar surface area (TPSA) is 84.2 Å². The Hall–Kier alpha value is -2.15. The molecule has 0 unspecified atom stereocenters. The molecule has 6 nitrogen and oxygen atoms in total. The van der Waals surface area contributed by atoms with Crippen molar-refractivity contribution in [3.63, 3.8) is 0 Å². The molecule has 0 aromatic carbocycles. The molecule has 2 aromatic rings. The van der Waals surface area contributed by atoms with Crippen molar-refractivity contribution in [1.29, 1.82) is 0 Å². The van der Waals surface area contributed by atoms with Crippen LogP contribution in [0.25, 0.3) is 0 Å².